The van der Waals surface area contributed by atoms with Crippen LogP contribution >= 0.6 is 0 Å². The monoisotopic (exact) mass is 179 g/mol. The van der Waals surface area contributed by atoms with Crippen LogP contribution in [-0.4, -0.2) is 22.1 Å². The van der Waals surface area contributed by atoms with Crippen LogP contribution in [0.15, 0.2) is 25.0 Å². The second-order valence-corrected chi connectivity index (χ2v) is 3.15. The van der Waals surface area contributed by atoms with Gasteiger partial charge in [-0.3, -0.25) is 0 Å². The first-order valence-corrected chi connectivity index (χ1v) is 4.57. The molecule has 0 fully saturated rings. The molecular weight excluding hydrogens is 162 g/mol. The van der Waals surface area contributed by atoms with Gasteiger partial charge in [0.25, 0.3) is 0 Å². The van der Waals surface area contributed by atoms with Gasteiger partial charge in [-0.25, -0.2) is 4.98 Å². The van der Waals surface area contributed by atoms with E-state index in [0.29, 0.717) is 6.04 Å². The molecule has 3 nitrogen and oxygen atoms in total. The third-order valence-corrected chi connectivity index (χ3v) is 2.10. The first-order chi connectivity index (χ1) is 6.24. The maximum Gasteiger partial charge on any atom is 0.105 e. The molecule has 0 bridgehead atoms. The Morgan fingerprint density at radius 1 is 1.77 bits per heavy atom. The molecule has 3 heteroatoms. The second-order valence-electron chi connectivity index (χ2n) is 3.15. The van der Waals surface area contributed by atoms with E-state index in [1.54, 1.807) is 0 Å². The summed E-state index contributed by atoms with van der Waals surface area (Å²) in [5, 5.41) is 3.33. The van der Waals surface area contributed by atoms with E-state index in [-0.39, 0.29) is 0 Å². The van der Waals surface area contributed by atoms with Crippen LogP contribution in [0.2, 0.25) is 0 Å². The van der Waals surface area contributed by atoms with Gasteiger partial charge in [-0.15, -0.1) is 6.58 Å². The van der Waals surface area contributed by atoms with Crippen LogP contribution in [0.5, 0.6) is 0 Å². The Balaban J connectivity index is 2.27. The Bertz CT molecular complexity index is 265. The van der Waals surface area contributed by atoms with E-state index in [4.69, 9.17) is 0 Å². The molecule has 1 aromatic rings. The van der Waals surface area contributed by atoms with Gasteiger partial charge in [0.1, 0.15) is 5.82 Å². The highest BCUT2D eigenvalue weighted by atomic mass is 15.1. The summed E-state index contributed by atoms with van der Waals surface area (Å²) in [6, 6.07) is 0.379. The quantitative estimate of drug-likeness (QED) is 0.692. The fraction of sp³-hybridized carbons (Fsp3) is 0.500. The minimum atomic E-state index is 0.379. The molecule has 0 aromatic carbocycles. The lowest BCUT2D eigenvalue weighted by molar-refractivity contribution is 0.561. The largest absolute Gasteiger partial charge is 0.334 e. The van der Waals surface area contributed by atoms with Crippen LogP contribution in [0.1, 0.15) is 12.7 Å². The summed E-state index contributed by atoms with van der Waals surface area (Å²) >= 11 is 0. The molecule has 1 aromatic heterocycles. The Kier molecular flexibility index (Phi) is 3.71. The van der Waals surface area contributed by atoms with E-state index in [1.165, 1.54) is 0 Å². The van der Waals surface area contributed by atoms with Crippen molar-refractivity contribution in [2.45, 2.75) is 26.4 Å². The highest BCUT2D eigenvalue weighted by Gasteiger charge is 1.97. The average molecular weight is 179 g/mol. The summed E-state index contributed by atoms with van der Waals surface area (Å²) in [4.78, 5) is 4.15. The molecule has 1 heterocycles. The van der Waals surface area contributed by atoms with Gasteiger partial charge >= 0.3 is 0 Å². The maximum atomic E-state index is 4.15. The van der Waals surface area contributed by atoms with Crippen molar-refractivity contribution < 1.29 is 0 Å². The van der Waals surface area contributed by atoms with E-state index in [9.17, 15) is 0 Å². The number of hydrogen-bond acceptors (Lipinski definition) is 2. The van der Waals surface area contributed by atoms with E-state index in [2.05, 4.69) is 28.4 Å². The molecule has 0 aliphatic heterocycles. The van der Waals surface area contributed by atoms with Gasteiger partial charge in [0.05, 0.1) is 0 Å². The van der Waals surface area contributed by atoms with Crippen molar-refractivity contribution in [2.75, 3.05) is 6.54 Å². The molecule has 0 aliphatic carbocycles. The number of aromatic nitrogens is 2. The first kappa shape index (κ1) is 9.99. The minimum absolute atomic E-state index is 0.379. The van der Waals surface area contributed by atoms with Gasteiger partial charge in [-0.2, -0.15) is 0 Å². The zero-order valence-electron chi connectivity index (χ0n) is 8.33. The molecule has 1 N–H and O–H groups in total. The van der Waals surface area contributed by atoms with Crippen molar-refractivity contribution in [2.24, 2.45) is 0 Å². The van der Waals surface area contributed by atoms with E-state index in [1.807, 2.05) is 25.4 Å². The summed E-state index contributed by atoms with van der Waals surface area (Å²) in [6.45, 7) is 9.73. The molecule has 0 radical (unpaired) electrons. The lowest BCUT2D eigenvalue weighted by Crippen LogP contribution is -2.27. The third-order valence-electron chi connectivity index (χ3n) is 2.10. The number of rotatable bonds is 5. The number of aryl methyl sites for hydroxylation is 1. The van der Waals surface area contributed by atoms with Crippen molar-refractivity contribution in [3.05, 3.63) is 30.9 Å². The lowest BCUT2D eigenvalue weighted by atomic mass is 10.3. The second kappa shape index (κ2) is 4.82. The molecule has 0 amide bonds. The van der Waals surface area contributed by atoms with Crippen LogP contribution in [-0.2, 0) is 6.54 Å². The average Bonchev–Trinajstić information content (AvgIpc) is 2.52. The Hall–Kier alpha value is -1.09. The van der Waals surface area contributed by atoms with Gasteiger partial charge in [0, 0.05) is 31.5 Å². The van der Waals surface area contributed by atoms with Gasteiger partial charge in [-0.05, 0) is 13.8 Å². The highest BCUT2D eigenvalue weighted by molar-refractivity contribution is 4.89. The van der Waals surface area contributed by atoms with Crippen molar-refractivity contribution >= 4 is 0 Å². The minimum Gasteiger partial charge on any atom is -0.334 e. The molecule has 0 aliphatic rings. The van der Waals surface area contributed by atoms with Crippen molar-refractivity contribution in [1.29, 1.82) is 0 Å². The maximum absolute atomic E-state index is 4.15. The Morgan fingerprint density at radius 3 is 3.08 bits per heavy atom. The van der Waals surface area contributed by atoms with E-state index >= 15 is 0 Å². The third kappa shape index (κ3) is 3.03. The molecule has 72 valence electrons. The zero-order valence-corrected chi connectivity index (χ0v) is 8.33. The number of nitrogens with zero attached hydrogens (tertiary/aromatic N) is 2. The molecule has 1 rings (SSSR count). The van der Waals surface area contributed by atoms with Crippen LogP contribution in [0.3, 0.4) is 0 Å². The summed E-state index contributed by atoms with van der Waals surface area (Å²) in [5.41, 5.74) is 0. The number of hydrogen-bond donors (Lipinski definition) is 1. The molecule has 0 saturated carbocycles. The standard InChI is InChI=1S/C10H17N3/c1-4-9(2)11-5-7-13-8-6-12-10(13)3/h4,6,8-9,11H,1,5,7H2,2-3H3. The van der Waals surface area contributed by atoms with Crippen LogP contribution in [0.4, 0.5) is 0 Å². The number of nitrogens with one attached hydrogen (secondary N) is 1. The smallest absolute Gasteiger partial charge is 0.105 e. The van der Waals surface area contributed by atoms with Crippen molar-refractivity contribution in [3.63, 3.8) is 0 Å². The number of imidazole rings is 1. The predicted octanol–water partition coefficient (Wildman–Crippen LogP) is 1.36. The SMILES string of the molecule is C=CC(C)NCCn1ccnc1C. The topological polar surface area (TPSA) is 29.9 Å². The molecule has 13 heavy (non-hydrogen) atoms. The predicted molar refractivity (Wildman–Crippen MR) is 54.6 cm³/mol. The molecule has 1 unspecified atom stereocenters. The van der Waals surface area contributed by atoms with Crippen LogP contribution in [0, 0.1) is 6.92 Å². The lowest BCUT2D eigenvalue weighted by Gasteiger charge is -2.09. The van der Waals surface area contributed by atoms with Gasteiger partial charge in [0.2, 0.25) is 0 Å². The van der Waals surface area contributed by atoms with Crippen LogP contribution in [0.25, 0.3) is 0 Å². The van der Waals surface area contributed by atoms with Gasteiger partial charge < -0.3 is 9.88 Å². The van der Waals surface area contributed by atoms with Crippen molar-refractivity contribution in [3.8, 4) is 0 Å². The molecule has 0 saturated heterocycles. The molecule has 1 atom stereocenters. The van der Waals surface area contributed by atoms with Crippen LogP contribution < -0.4 is 5.32 Å². The fourth-order valence-electron chi connectivity index (χ4n) is 1.14. The summed E-state index contributed by atoms with van der Waals surface area (Å²) in [6.07, 6.45) is 5.72. The van der Waals surface area contributed by atoms with Crippen molar-refractivity contribution in [1.82, 2.24) is 14.9 Å². The summed E-state index contributed by atoms with van der Waals surface area (Å²) in [7, 11) is 0. The van der Waals surface area contributed by atoms with E-state index < -0.39 is 0 Å². The Labute approximate surface area is 79.5 Å². The van der Waals surface area contributed by atoms with E-state index in [0.717, 1.165) is 18.9 Å². The summed E-state index contributed by atoms with van der Waals surface area (Å²) in [5.74, 6) is 1.06. The molecular formula is C10H17N3. The zero-order chi connectivity index (χ0) is 9.68. The van der Waals surface area contributed by atoms with Gasteiger partial charge in [-0.1, -0.05) is 6.08 Å². The highest BCUT2D eigenvalue weighted by Crippen LogP contribution is 1.93. The van der Waals surface area contributed by atoms with Gasteiger partial charge in [0.15, 0.2) is 0 Å². The summed E-state index contributed by atoms with van der Waals surface area (Å²) < 4.78 is 2.13. The first-order valence-electron chi connectivity index (χ1n) is 4.57. The Morgan fingerprint density at radius 2 is 2.54 bits per heavy atom. The normalized spacial score (nSPS) is 12.8. The molecule has 0 spiro atoms. The fourth-order valence-corrected chi connectivity index (χ4v) is 1.14.